The van der Waals surface area contributed by atoms with Gasteiger partial charge in [-0.1, -0.05) is 29.4 Å². The molecule has 3 aromatic heterocycles. The highest BCUT2D eigenvalue weighted by molar-refractivity contribution is 7.99. The third-order valence-electron chi connectivity index (χ3n) is 7.20. The molecule has 3 aromatic rings. The van der Waals surface area contributed by atoms with E-state index in [9.17, 15) is 4.55 Å². The number of fused-ring (bicyclic) bond motifs is 1. The van der Waals surface area contributed by atoms with E-state index in [1.54, 1.807) is 6.20 Å². The van der Waals surface area contributed by atoms with Crippen molar-refractivity contribution in [3.8, 4) is 0 Å². The summed E-state index contributed by atoms with van der Waals surface area (Å²) in [5.74, 6) is 1.60. The number of pyridine rings is 3. The molecule has 2 aliphatic rings. The molecule has 196 valence electrons. The van der Waals surface area contributed by atoms with Crippen LogP contribution >= 0.6 is 23.4 Å². The maximum Gasteiger partial charge on any atom is 0.143 e. The summed E-state index contributed by atoms with van der Waals surface area (Å²) in [6.07, 6.45) is 6.24. The minimum atomic E-state index is -1.18. The average molecular weight is 558 g/mol. The number of halogens is 1. The van der Waals surface area contributed by atoms with Crippen LogP contribution in [0, 0.1) is 5.41 Å². The zero-order valence-electron chi connectivity index (χ0n) is 21.2. The summed E-state index contributed by atoms with van der Waals surface area (Å²) in [6, 6.07) is 9.90. The third kappa shape index (κ3) is 5.22. The Morgan fingerprint density at radius 2 is 1.84 bits per heavy atom. The SMILES string of the molecule is CC(C)(C)[S+]([O-])N[C@@H]1c2cccnc2CC12CCN(c1ccc(Sc3ccnc(N)c3Cl)c(N)n1)CC2. The van der Waals surface area contributed by atoms with E-state index >= 15 is 0 Å². The van der Waals surface area contributed by atoms with Crippen LogP contribution in [-0.4, -0.2) is 37.3 Å². The summed E-state index contributed by atoms with van der Waals surface area (Å²) in [7, 11) is 0. The van der Waals surface area contributed by atoms with E-state index in [1.807, 2.05) is 51.2 Å². The van der Waals surface area contributed by atoms with Crippen molar-refractivity contribution in [3.05, 3.63) is 59.0 Å². The quantitative estimate of drug-likeness (QED) is 0.379. The van der Waals surface area contributed by atoms with E-state index in [2.05, 4.69) is 25.7 Å². The number of hydrogen-bond donors (Lipinski definition) is 3. The standard InChI is InChI=1S/C26H32ClN7OS2/c1-25(2,3)37(35)33-22-16-5-4-11-30-17(16)15-26(22)9-13-34(14-10-26)20-7-6-19(23(28)32-20)36-18-8-12-31-24(29)21(18)27/h4-8,11-12,22,33H,9-10,13-15H2,1-3H3,(H2,28,32)(H2,29,31)/t22-,37?/m1/s1. The fraction of sp³-hybridized carbons (Fsp3) is 0.423. The van der Waals surface area contributed by atoms with Crippen LogP contribution in [0.1, 0.15) is 50.9 Å². The first kappa shape index (κ1) is 26.4. The number of nitrogen functional groups attached to an aromatic ring is 2. The van der Waals surface area contributed by atoms with Crippen molar-refractivity contribution >= 4 is 52.2 Å². The van der Waals surface area contributed by atoms with Crippen molar-refractivity contribution in [2.75, 3.05) is 29.5 Å². The van der Waals surface area contributed by atoms with Crippen molar-refractivity contribution in [2.24, 2.45) is 5.41 Å². The van der Waals surface area contributed by atoms with Crippen LogP contribution in [0.15, 0.2) is 52.5 Å². The topological polar surface area (TPSA) is 129 Å². The largest absolute Gasteiger partial charge is 0.598 e. The van der Waals surface area contributed by atoms with Gasteiger partial charge in [0.2, 0.25) is 0 Å². The second-order valence-corrected chi connectivity index (χ2v) is 14.1. The molecule has 1 fully saturated rings. The lowest BCUT2D eigenvalue weighted by Gasteiger charge is -2.44. The van der Waals surface area contributed by atoms with Crippen molar-refractivity contribution in [3.63, 3.8) is 0 Å². The summed E-state index contributed by atoms with van der Waals surface area (Å²) >= 11 is 6.55. The van der Waals surface area contributed by atoms with Gasteiger partial charge in [-0.3, -0.25) is 4.98 Å². The van der Waals surface area contributed by atoms with E-state index in [1.165, 1.54) is 17.3 Å². The predicted octanol–water partition coefficient (Wildman–Crippen LogP) is 4.78. The van der Waals surface area contributed by atoms with E-state index in [0.717, 1.165) is 53.7 Å². The van der Waals surface area contributed by atoms with Crippen LogP contribution in [0.5, 0.6) is 0 Å². The van der Waals surface area contributed by atoms with Gasteiger partial charge in [0.25, 0.3) is 0 Å². The van der Waals surface area contributed by atoms with Crippen LogP contribution in [0.4, 0.5) is 17.5 Å². The molecular weight excluding hydrogens is 526 g/mol. The van der Waals surface area contributed by atoms with Crippen molar-refractivity contribution in [1.82, 2.24) is 19.7 Å². The van der Waals surface area contributed by atoms with Gasteiger partial charge in [0, 0.05) is 52.8 Å². The summed E-state index contributed by atoms with van der Waals surface area (Å²) in [4.78, 5) is 17.3. The van der Waals surface area contributed by atoms with Crippen molar-refractivity contribution < 1.29 is 4.55 Å². The Bertz CT molecular complexity index is 1290. The molecule has 0 amide bonds. The fourth-order valence-electron chi connectivity index (χ4n) is 5.10. The first-order valence-electron chi connectivity index (χ1n) is 12.3. The molecular formula is C26H32ClN7OS2. The van der Waals surface area contributed by atoms with Gasteiger partial charge >= 0.3 is 0 Å². The van der Waals surface area contributed by atoms with Gasteiger partial charge < -0.3 is 20.9 Å². The molecule has 1 spiro atoms. The van der Waals surface area contributed by atoms with Crippen molar-refractivity contribution in [1.29, 1.82) is 0 Å². The molecule has 1 aliphatic carbocycles. The van der Waals surface area contributed by atoms with E-state index in [4.69, 9.17) is 28.1 Å². The molecule has 11 heteroatoms. The van der Waals surface area contributed by atoms with E-state index in [0.29, 0.717) is 16.7 Å². The minimum Gasteiger partial charge on any atom is -0.598 e. The number of anilines is 3. The first-order chi connectivity index (χ1) is 17.6. The molecule has 1 aliphatic heterocycles. The summed E-state index contributed by atoms with van der Waals surface area (Å²) in [6.45, 7) is 7.67. The van der Waals surface area contributed by atoms with Gasteiger partial charge in [-0.05, 0) is 69.9 Å². The molecule has 0 saturated carbocycles. The maximum absolute atomic E-state index is 13.1. The lowest BCUT2D eigenvalue weighted by Crippen LogP contribution is -2.49. The molecule has 1 unspecified atom stereocenters. The monoisotopic (exact) mass is 557 g/mol. The van der Waals surface area contributed by atoms with Crippen LogP contribution in [0.2, 0.25) is 5.02 Å². The Labute approximate surface area is 230 Å². The maximum atomic E-state index is 13.1. The highest BCUT2D eigenvalue weighted by Crippen LogP contribution is 2.52. The number of aromatic nitrogens is 3. The lowest BCUT2D eigenvalue weighted by atomic mass is 9.73. The number of nitrogens with one attached hydrogen (secondary N) is 1. The lowest BCUT2D eigenvalue weighted by molar-refractivity contribution is 0.175. The molecule has 37 heavy (non-hydrogen) atoms. The Balaban J connectivity index is 1.32. The van der Waals surface area contributed by atoms with Gasteiger partial charge in [-0.2, -0.15) is 0 Å². The Kier molecular flexibility index (Phi) is 7.23. The summed E-state index contributed by atoms with van der Waals surface area (Å²) in [5, 5.41) is 0.417. The van der Waals surface area contributed by atoms with Crippen LogP contribution in [0.3, 0.4) is 0 Å². The number of hydrogen-bond acceptors (Lipinski definition) is 9. The highest BCUT2D eigenvalue weighted by atomic mass is 35.5. The first-order valence-corrected chi connectivity index (χ1v) is 14.6. The zero-order chi connectivity index (χ0) is 26.4. The van der Waals surface area contributed by atoms with Gasteiger partial charge in [0.15, 0.2) is 0 Å². The van der Waals surface area contributed by atoms with E-state index in [-0.39, 0.29) is 16.2 Å². The Morgan fingerprint density at radius 3 is 2.54 bits per heavy atom. The van der Waals surface area contributed by atoms with Gasteiger partial charge in [-0.15, -0.1) is 4.72 Å². The molecule has 1 saturated heterocycles. The third-order valence-corrected chi connectivity index (χ3v) is 10.4. The normalized spacial score (nSPS) is 19.7. The molecule has 0 aromatic carbocycles. The number of nitrogens with zero attached hydrogens (tertiary/aromatic N) is 4. The van der Waals surface area contributed by atoms with Gasteiger partial charge in [0.1, 0.15) is 22.2 Å². The van der Waals surface area contributed by atoms with Crippen LogP contribution in [-0.2, 0) is 17.8 Å². The fourth-order valence-corrected chi connectivity index (χ4v) is 7.12. The predicted molar refractivity (Wildman–Crippen MR) is 152 cm³/mol. The highest BCUT2D eigenvalue weighted by Gasteiger charge is 2.51. The zero-order valence-corrected chi connectivity index (χ0v) is 23.6. The van der Waals surface area contributed by atoms with Gasteiger partial charge in [-0.25, -0.2) is 9.97 Å². The molecule has 5 rings (SSSR count). The molecule has 0 bridgehead atoms. The van der Waals surface area contributed by atoms with Crippen molar-refractivity contribution in [2.45, 2.75) is 60.6 Å². The molecule has 0 radical (unpaired) electrons. The second kappa shape index (κ2) is 10.1. The average Bonchev–Trinajstić information content (AvgIpc) is 3.15. The second-order valence-electron chi connectivity index (χ2n) is 10.7. The Morgan fingerprint density at radius 1 is 1.08 bits per heavy atom. The number of piperidine rings is 1. The van der Waals surface area contributed by atoms with E-state index < -0.39 is 11.4 Å². The minimum absolute atomic E-state index is 0.00719. The van der Waals surface area contributed by atoms with Gasteiger partial charge in [0.05, 0.1) is 16.0 Å². The molecule has 8 nitrogen and oxygen atoms in total. The smallest absolute Gasteiger partial charge is 0.143 e. The summed E-state index contributed by atoms with van der Waals surface area (Å²) in [5.41, 5.74) is 14.4. The number of rotatable bonds is 5. The number of nitrogens with two attached hydrogens (primary N) is 2. The molecule has 5 N–H and O–H groups in total. The molecule has 2 atom stereocenters. The summed E-state index contributed by atoms with van der Waals surface area (Å²) < 4.78 is 16.2. The Hall–Kier alpha value is -2.24. The molecule has 4 heterocycles. The van der Waals surface area contributed by atoms with Crippen LogP contribution < -0.4 is 21.1 Å². The van der Waals surface area contributed by atoms with Crippen LogP contribution in [0.25, 0.3) is 0 Å².